The van der Waals surface area contributed by atoms with Gasteiger partial charge in [-0.3, -0.25) is 9.69 Å². The summed E-state index contributed by atoms with van der Waals surface area (Å²) in [5.74, 6) is 1.17. The van der Waals surface area contributed by atoms with Gasteiger partial charge >= 0.3 is 0 Å². The standard InChI is InChI=1S/C21H28N4O2/c26-13-12-24(17-10-11-17)15-21(27)22-20-14-19(16-6-4-5-7-16)23-25(20)18-8-2-1-3-9-18/h1-3,8-9,14,16-17,26H,4-7,10-13,15H2,(H,22,27). The maximum absolute atomic E-state index is 12.7. The molecule has 2 aliphatic rings. The lowest BCUT2D eigenvalue weighted by molar-refractivity contribution is -0.117. The van der Waals surface area contributed by atoms with Gasteiger partial charge in [-0.05, 0) is 37.8 Å². The number of aliphatic hydroxyl groups excluding tert-OH is 1. The molecule has 2 N–H and O–H groups in total. The van der Waals surface area contributed by atoms with E-state index < -0.39 is 0 Å². The number of carbonyl (C=O) groups is 1. The van der Waals surface area contributed by atoms with E-state index in [2.05, 4.69) is 10.2 Å². The second-order valence-corrected chi connectivity index (χ2v) is 7.66. The second kappa shape index (κ2) is 8.23. The third-order valence-electron chi connectivity index (χ3n) is 5.57. The van der Waals surface area contributed by atoms with Gasteiger partial charge in [0.2, 0.25) is 5.91 Å². The molecule has 0 unspecified atom stereocenters. The predicted octanol–water partition coefficient (Wildman–Crippen LogP) is 2.93. The summed E-state index contributed by atoms with van der Waals surface area (Å²) in [4.78, 5) is 14.7. The van der Waals surface area contributed by atoms with Crippen LogP contribution in [0.4, 0.5) is 5.82 Å². The highest BCUT2D eigenvalue weighted by molar-refractivity contribution is 5.91. The van der Waals surface area contributed by atoms with Crippen LogP contribution in [0.5, 0.6) is 0 Å². The van der Waals surface area contributed by atoms with Gasteiger partial charge in [0.15, 0.2) is 0 Å². The number of para-hydroxylation sites is 1. The van der Waals surface area contributed by atoms with E-state index in [-0.39, 0.29) is 12.5 Å². The molecule has 0 saturated heterocycles. The minimum absolute atomic E-state index is 0.0506. The van der Waals surface area contributed by atoms with Crippen LogP contribution in [0.25, 0.3) is 5.69 Å². The molecule has 6 nitrogen and oxygen atoms in total. The van der Waals surface area contributed by atoms with Crippen LogP contribution >= 0.6 is 0 Å². The highest BCUT2D eigenvalue weighted by atomic mass is 16.3. The molecule has 2 saturated carbocycles. The van der Waals surface area contributed by atoms with E-state index in [1.165, 1.54) is 25.7 Å². The monoisotopic (exact) mass is 368 g/mol. The molecule has 2 aliphatic carbocycles. The Balaban J connectivity index is 1.53. The average molecular weight is 368 g/mol. The molecule has 2 fully saturated rings. The zero-order valence-electron chi connectivity index (χ0n) is 15.7. The van der Waals surface area contributed by atoms with Crippen molar-refractivity contribution in [1.82, 2.24) is 14.7 Å². The maximum atomic E-state index is 12.7. The molecule has 0 radical (unpaired) electrons. The molecule has 1 amide bonds. The maximum Gasteiger partial charge on any atom is 0.239 e. The SMILES string of the molecule is O=C(CN(CCO)C1CC1)Nc1cc(C2CCCC2)nn1-c1ccccc1. The molecule has 6 heteroatoms. The smallest absolute Gasteiger partial charge is 0.239 e. The summed E-state index contributed by atoms with van der Waals surface area (Å²) >= 11 is 0. The van der Waals surface area contributed by atoms with Gasteiger partial charge < -0.3 is 10.4 Å². The Labute approximate surface area is 160 Å². The Morgan fingerprint density at radius 2 is 1.93 bits per heavy atom. The van der Waals surface area contributed by atoms with Gasteiger partial charge in [-0.2, -0.15) is 5.10 Å². The molecule has 1 aromatic heterocycles. The highest BCUT2D eigenvalue weighted by Gasteiger charge is 2.30. The van der Waals surface area contributed by atoms with Crippen LogP contribution in [0.3, 0.4) is 0 Å². The zero-order valence-corrected chi connectivity index (χ0v) is 15.7. The van der Waals surface area contributed by atoms with Crippen molar-refractivity contribution >= 4 is 11.7 Å². The first-order valence-corrected chi connectivity index (χ1v) is 10.0. The first-order chi connectivity index (χ1) is 13.2. The van der Waals surface area contributed by atoms with Crippen molar-refractivity contribution in [2.75, 3.05) is 25.0 Å². The predicted molar refractivity (Wildman–Crippen MR) is 105 cm³/mol. The third-order valence-corrected chi connectivity index (χ3v) is 5.57. The van der Waals surface area contributed by atoms with Gasteiger partial charge in [0, 0.05) is 24.6 Å². The second-order valence-electron chi connectivity index (χ2n) is 7.66. The summed E-state index contributed by atoms with van der Waals surface area (Å²) in [7, 11) is 0. The molecule has 144 valence electrons. The molecule has 0 aliphatic heterocycles. The van der Waals surface area contributed by atoms with E-state index in [4.69, 9.17) is 5.10 Å². The van der Waals surface area contributed by atoms with Crippen LogP contribution in [0.2, 0.25) is 0 Å². The van der Waals surface area contributed by atoms with Gasteiger partial charge in [-0.15, -0.1) is 0 Å². The Kier molecular flexibility index (Phi) is 5.55. The number of anilines is 1. The van der Waals surface area contributed by atoms with E-state index in [9.17, 15) is 9.90 Å². The average Bonchev–Trinajstić information content (AvgIpc) is 3.22. The van der Waals surface area contributed by atoms with Crippen LogP contribution in [0, 0.1) is 0 Å². The molecule has 0 spiro atoms. The minimum Gasteiger partial charge on any atom is -0.395 e. The molecular weight excluding hydrogens is 340 g/mol. The van der Waals surface area contributed by atoms with E-state index in [1.807, 2.05) is 41.1 Å². The fourth-order valence-corrected chi connectivity index (χ4v) is 4.00. The minimum atomic E-state index is -0.0506. The van der Waals surface area contributed by atoms with Gasteiger partial charge in [0.1, 0.15) is 5.82 Å². The Morgan fingerprint density at radius 3 is 2.59 bits per heavy atom. The number of nitrogens with one attached hydrogen (secondary N) is 1. The lowest BCUT2D eigenvalue weighted by Crippen LogP contribution is -2.37. The van der Waals surface area contributed by atoms with Crippen molar-refractivity contribution in [2.24, 2.45) is 0 Å². The number of hydrogen-bond acceptors (Lipinski definition) is 4. The van der Waals surface area contributed by atoms with Crippen molar-refractivity contribution in [3.63, 3.8) is 0 Å². The van der Waals surface area contributed by atoms with Crippen LogP contribution in [0.1, 0.15) is 50.1 Å². The summed E-state index contributed by atoms with van der Waals surface area (Å²) in [6.45, 7) is 0.935. The largest absolute Gasteiger partial charge is 0.395 e. The lowest BCUT2D eigenvalue weighted by Gasteiger charge is -2.20. The molecule has 0 atom stereocenters. The molecule has 27 heavy (non-hydrogen) atoms. The van der Waals surface area contributed by atoms with Crippen LogP contribution in [-0.2, 0) is 4.79 Å². The number of nitrogens with zero attached hydrogens (tertiary/aromatic N) is 3. The summed E-state index contributed by atoms with van der Waals surface area (Å²) in [5, 5.41) is 17.1. The third kappa shape index (κ3) is 4.39. The molecule has 0 bridgehead atoms. The van der Waals surface area contributed by atoms with Crippen molar-refractivity contribution in [1.29, 1.82) is 0 Å². The first-order valence-electron chi connectivity index (χ1n) is 10.0. The quantitative estimate of drug-likeness (QED) is 0.752. The summed E-state index contributed by atoms with van der Waals surface area (Å²) in [6.07, 6.45) is 7.07. The van der Waals surface area contributed by atoms with Crippen molar-refractivity contribution in [2.45, 2.75) is 50.5 Å². The van der Waals surface area contributed by atoms with E-state index >= 15 is 0 Å². The van der Waals surface area contributed by atoms with Gasteiger partial charge in [0.25, 0.3) is 0 Å². The molecule has 4 rings (SSSR count). The zero-order chi connectivity index (χ0) is 18.6. The van der Waals surface area contributed by atoms with Crippen LogP contribution < -0.4 is 5.32 Å². The van der Waals surface area contributed by atoms with Gasteiger partial charge in [0.05, 0.1) is 24.5 Å². The van der Waals surface area contributed by atoms with E-state index in [0.29, 0.717) is 25.0 Å². The van der Waals surface area contributed by atoms with Crippen LogP contribution in [0.15, 0.2) is 36.4 Å². The highest BCUT2D eigenvalue weighted by Crippen LogP contribution is 2.35. The fraction of sp³-hybridized carbons (Fsp3) is 0.524. The fourth-order valence-electron chi connectivity index (χ4n) is 4.00. The van der Waals surface area contributed by atoms with Crippen LogP contribution in [-0.4, -0.2) is 51.4 Å². The molecular formula is C21H28N4O2. The molecule has 1 heterocycles. The van der Waals surface area contributed by atoms with Crippen molar-refractivity contribution < 1.29 is 9.90 Å². The van der Waals surface area contributed by atoms with Crippen molar-refractivity contribution in [3.05, 3.63) is 42.1 Å². The first kappa shape index (κ1) is 18.2. The summed E-state index contributed by atoms with van der Waals surface area (Å²) in [5.41, 5.74) is 2.02. The molecule has 2 aromatic rings. The normalized spacial score (nSPS) is 17.6. The topological polar surface area (TPSA) is 70.4 Å². The summed E-state index contributed by atoms with van der Waals surface area (Å²) < 4.78 is 1.85. The van der Waals surface area contributed by atoms with Gasteiger partial charge in [-0.1, -0.05) is 31.0 Å². The number of aliphatic hydroxyl groups is 1. The number of carbonyl (C=O) groups excluding carboxylic acids is 1. The van der Waals surface area contributed by atoms with Gasteiger partial charge in [-0.25, -0.2) is 4.68 Å². The molecule has 1 aromatic carbocycles. The number of aromatic nitrogens is 2. The summed E-state index contributed by atoms with van der Waals surface area (Å²) in [6, 6.07) is 12.4. The number of rotatable bonds is 8. The van der Waals surface area contributed by atoms with Crippen molar-refractivity contribution in [3.8, 4) is 5.69 Å². The Bertz CT molecular complexity index is 764. The van der Waals surface area contributed by atoms with E-state index in [0.717, 1.165) is 30.0 Å². The lowest BCUT2D eigenvalue weighted by atomic mass is 10.0. The Morgan fingerprint density at radius 1 is 1.19 bits per heavy atom. The number of amides is 1. The number of hydrogen-bond donors (Lipinski definition) is 2. The Hall–Kier alpha value is -2.18. The van der Waals surface area contributed by atoms with E-state index in [1.54, 1.807) is 0 Å². The number of benzene rings is 1.